The van der Waals surface area contributed by atoms with E-state index < -0.39 is 11.7 Å². The highest BCUT2D eigenvalue weighted by Gasteiger charge is 2.46. The third-order valence-electron chi connectivity index (χ3n) is 7.75. The number of halogens is 3. The molecule has 5 rings (SSSR count). The van der Waals surface area contributed by atoms with Crippen LogP contribution in [0.4, 0.5) is 18.9 Å². The summed E-state index contributed by atoms with van der Waals surface area (Å²) in [5.74, 6) is 2.18. The Morgan fingerprint density at radius 3 is 2.61 bits per heavy atom. The molecule has 2 saturated heterocycles. The molecule has 1 N–H and O–H groups in total. The van der Waals surface area contributed by atoms with Gasteiger partial charge in [-0.05, 0) is 67.8 Å². The normalized spacial score (nSPS) is 30.2. The largest absolute Gasteiger partial charge is 0.418 e. The molecule has 0 radical (unpaired) electrons. The summed E-state index contributed by atoms with van der Waals surface area (Å²) in [6.45, 7) is 5.62. The van der Waals surface area contributed by atoms with E-state index in [4.69, 9.17) is 0 Å². The second-order valence-electron chi connectivity index (χ2n) is 10.4. The first-order valence-corrected chi connectivity index (χ1v) is 11.9. The van der Waals surface area contributed by atoms with E-state index in [1.807, 2.05) is 0 Å². The summed E-state index contributed by atoms with van der Waals surface area (Å²) in [6, 6.07) is 6.04. The zero-order valence-electron chi connectivity index (χ0n) is 19.1. The maximum Gasteiger partial charge on any atom is 0.418 e. The Labute approximate surface area is 192 Å². The van der Waals surface area contributed by atoms with Gasteiger partial charge < -0.3 is 15.1 Å². The van der Waals surface area contributed by atoms with Crippen LogP contribution < -0.4 is 10.2 Å². The molecule has 3 fully saturated rings. The number of carbonyl (C=O) groups is 1. The zero-order chi connectivity index (χ0) is 23.3. The van der Waals surface area contributed by atoms with Crippen molar-refractivity contribution in [3.8, 4) is 0 Å². The van der Waals surface area contributed by atoms with E-state index in [-0.39, 0.29) is 17.5 Å². The molecule has 1 aliphatic carbocycles. The van der Waals surface area contributed by atoms with E-state index in [9.17, 15) is 18.0 Å². The van der Waals surface area contributed by atoms with Crippen LogP contribution in [0.15, 0.2) is 30.5 Å². The lowest BCUT2D eigenvalue weighted by Gasteiger charge is -2.53. The fourth-order valence-electron chi connectivity index (χ4n) is 6.37. The second kappa shape index (κ2) is 8.46. The number of nitrogens with zero attached hydrogens (tertiary/aromatic N) is 3. The summed E-state index contributed by atoms with van der Waals surface area (Å²) in [4.78, 5) is 21.4. The number of hydrogen-bond donors (Lipinski definition) is 1. The van der Waals surface area contributed by atoms with Crippen LogP contribution >= 0.6 is 0 Å². The Balaban J connectivity index is 1.30. The molecule has 5 nitrogen and oxygen atoms in total. The van der Waals surface area contributed by atoms with Crippen molar-refractivity contribution in [3.63, 3.8) is 0 Å². The Morgan fingerprint density at radius 2 is 1.88 bits per heavy atom. The number of nitrogens with one attached hydrogen (secondary N) is 1. The van der Waals surface area contributed by atoms with Gasteiger partial charge in [0, 0.05) is 55.9 Å². The van der Waals surface area contributed by atoms with Gasteiger partial charge in [-0.2, -0.15) is 13.2 Å². The molecular weight excluding hydrogens is 429 g/mol. The SMILES string of the molecule is C[C@H]1C[C@@H](NC(=O)C[C@H]2[C@@H]3C[C@H]2CN(C)C3)CN(c2ccc(C(F)(F)F)c3ncccc23)C1. The van der Waals surface area contributed by atoms with Gasteiger partial charge >= 0.3 is 6.18 Å². The number of hydrogen-bond acceptors (Lipinski definition) is 4. The van der Waals surface area contributed by atoms with Gasteiger partial charge in [-0.25, -0.2) is 0 Å². The number of alkyl halides is 3. The molecule has 2 aromatic rings. The highest BCUT2D eigenvalue weighted by molar-refractivity contribution is 5.94. The quantitative estimate of drug-likeness (QED) is 0.744. The number of piperidine rings is 3. The van der Waals surface area contributed by atoms with Gasteiger partial charge in [0.1, 0.15) is 0 Å². The molecule has 33 heavy (non-hydrogen) atoms. The van der Waals surface area contributed by atoms with E-state index >= 15 is 0 Å². The molecular formula is C25H31F3N4O. The van der Waals surface area contributed by atoms with Crippen molar-refractivity contribution in [2.24, 2.45) is 23.7 Å². The van der Waals surface area contributed by atoms with Crippen molar-refractivity contribution >= 4 is 22.5 Å². The lowest BCUT2D eigenvalue weighted by atomic mass is 9.60. The molecule has 2 bridgehead atoms. The summed E-state index contributed by atoms with van der Waals surface area (Å²) in [6.07, 6.45) is -0.353. The maximum absolute atomic E-state index is 13.5. The predicted octanol–water partition coefficient (Wildman–Crippen LogP) is 4.17. The number of amides is 1. The molecule has 1 aromatic carbocycles. The lowest BCUT2D eigenvalue weighted by molar-refractivity contribution is -0.136. The molecule has 1 aromatic heterocycles. The van der Waals surface area contributed by atoms with Gasteiger partial charge in [0.25, 0.3) is 0 Å². The number of carbonyl (C=O) groups excluding carboxylic acids is 1. The Kier molecular flexibility index (Phi) is 5.75. The number of likely N-dealkylation sites (tertiary alicyclic amines) is 1. The smallest absolute Gasteiger partial charge is 0.369 e. The highest BCUT2D eigenvalue weighted by atomic mass is 19.4. The summed E-state index contributed by atoms with van der Waals surface area (Å²) in [5, 5.41) is 3.74. The van der Waals surface area contributed by atoms with Gasteiger partial charge in [-0.1, -0.05) is 6.92 Å². The minimum atomic E-state index is -4.45. The van der Waals surface area contributed by atoms with E-state index in [1.54, 1.807) is 18.2 Å². The molecule has 178 valence electrons. The van der Waals surface area contributed by atoms with Gasteiger partial charge in [0.05, 0.1) is 11.1 Å². The van der Waals surface area contributed by atoms with Crippen LogP contribution in [0.25, 0.3) is 10.9 Å². The van der Waals surface area contributed by atoms with Crippen molar-refractivity contribution in [2.75, 3.05) is 38.1 Å². The summed E-state index contributed by atoms with van der Waals surface area (Å²) in [5.41, 5.74) is 0.00437. The van der Waals surface area contributed by atoms with Crippen LogP contribution in [0, 0.1) is 23.7 Å². The van der Waals surface area contributed by atoms with Crippen LogP contribution in [0.1, 0.15) is 31.7 Å². The molecule has 0 unspecified atom stereocenters. The van der Waals surface area contributed by atoms with E-state index in [2.05, 4.69) is 34.1 Å². The number of aromatic nitrogens is 1. The van der Waals surface area contributed by atoms with E-state index in [0.717, 1.165) is 37.8 Å². The van der Waals surface area contributed by atoms with Crippen LogP contribution in [0.2, 0.25) is 0 Å². The number of fused-ring (bicyclic) bond motifs is 3. The minimum Gasteiger partial charge on any atom is -0.369 e. The topological polar surface area (TPSA) is 48.5 Å². The fraction of sp³-hybridized carbons (Fsp3) is 0.600. The third kappa shape index (κ3) is 4.42. The molecule has 2 aliphatic heterocycles. The first-order valence-electron chi connectivity index (χ1n) is 11.9. The number of benzene rings is 1. The minimum absolute atomic E-state index is 0.0159. The fourth-order valence-corrected chi connectivity index (χ4v) is 6.37. The zero-order valence-corrected chi connectivity index (χ0v) is 19.1. The molecule has 1 saturated carbocycles. The van der Waals surface area contributed by atoms with Crippen molar-refractivity contribution in [1.82, 2.24) is 15.2 Å². The van der Waals surface area contributed by atoms with Crippen LogP contribution in [0.3, 0.4) is 0 Å². The van der Waals surface area contributed by atoms with Gasteiger partial charge in [-0.3, -0.25) is 9.78 Å². The van der Waals surface area contributed by atoms with Gasteiger partial charge in [0.15, 0.2) is 0 Å². The lowest BCUT2D eigenvalue weighted by Crippen LogP contribution is -2.56. The van der Waals surface area contributed by atoms with Crippen molar-refractivity contribution in [1.29, 1.82) is 0 Å². The van der Waals surface area contributed by atoms with Gasteiger partial charge in [-0.15, -0.1) is 0 Å². The standard InChI is InChI=1S/C25H31F3N4O/c1-15-8-18(30-23(33)10-20-16-9-17(20)13-31(2)12-16)14-32(11-15)22-6-5-21(25(26,27)28)24-19(22)4-3-7-29-24/h3-7,15-18,20H,8-14H2,1-2H3,(H,30,33)/t15-,16-,17+,18+,20+/m0/s1. The predicted molar refractivity (Wildman–Crippen MR) is 122 cm³/mol. The summed E-state index contributed by atoms with van der Waals surface area (Å²) in [7, 11) is 2.15. The van der Waals surface area contributed by atoms with Crippen molar-refractivity contribution in [3.05, 3.63) is 36.0 Å². The average molecular weight is 461 g/mol. The molecule has 8 heteroatoms. The third-order valence-corrected chi connectivity index (χ3v) is 7.75. The first-order chi connectivity index (χ1) is 15.7. The van der Waals surface area contributed by atoms with Crippen molar-refractivity contribution < 1.29 is 18.0 Å². The average Bonchev–Trinajstić information content (AvgIpc) is 2.75. The molecule has 0 spiro atoms. The van der Waals surface area contributed by atoms with E-state index in [1.165, 1.54) is 12.6 Å². The summed E-state index contributed by atoms with van der Waals surface area (Å²) >= 11 is 0. The van der Waals surface area contributed by atoms with Crippen LogP contribution in [-0.4, -0.2) is 55.1 Å². The highest BCUT2D eigenvalue weighted by Crippen LogP contribution is 2.47. The molecule has 3 heterocycles. The van der Waals surface area contributed by atoms with Crippen molar-refractivity contribution in [2.45, 2.75) is 38.4 Å². The van der Waals surface area contributed by atoms with E-state index in [0.29, 0.717) is 42.0 Å². The molecule has 3 aliphatic rings. The Hall–Kier alpha value is -2.35. The maximum atomic E-state index is 13.5. The second-order valence-corrected chi connectivity index (χ2v) is 10.4. The number of rotatable bonds is 4. The first kappa shape index (κ1) is 22.4. The van der Waals surface area contributed by atoms with Crippen LogP contribution in [-0.2, 0) is 11.0 Å². The van der Waals surface area contributed by atoms with Crippen LogP contribution in [0.5, 0.6) is 0 Å². The Bertz CT molecular complexity index is 1030. The number of pyridine rings is 1. The van der Waals surface area contributed by atoms with Gasteiger partial charge in [0.2, 0.25) is 5.91 Å². The molecule has 5 atom stereocenters. The number of anilines is 1. The monoisotopic (exact) mass is 460 g/mol. The Morgan fingerprint density at radius 1 is 1.12 bits per heavy atom. The molecule has 1 amide bonds. The summed E-state index contributed by atoms with van der Waals surface area (Å²) < 4.78 is 40.5.